The second kappa shape index (κ2) is 8.74. The van der Waals surface area contributed by atoms with E-state index >= 15 is 0 Å². The van der Waals surface area contributed by atoms with E-state index in [0.717, 1.165) is 0 Å². The molecule has 2 aromatic rings. The fraction of sp³-hybridized carbons (Fsp3) is 0.278. The van der Waals surface area contributed by atoms with Crippen LogP contribution in [0.1, 0.15) is 15.9 Å². The average Bonchev–Trinajstić information content (AvgIpc) is 2.70. The Labute approximate surface area is 158 Å². The summed E-state index contributed by atoms with van der Waals surface area (Å²) in [5.74, 6) is 0.576. The molecule has 2 aromatic carbocycles. The lowest BCUT2D eigenvalue weighted by atomic mass is 10.1. The number of rotatable bonds is 8. The van der Waals surface area contributed by atoms with Gasteiger partial charge in [-0.25, -0.2) is 17.9 Å². The molecule has 8 nitrogen and oxygen atoms in total. The molecule has 27 heavy (non-hydrogen) atoms. The number of hydrogen-bond donors (Lipinski definition) is 1. The van der Waals surface area contributed by atoms with E-state index in [1.54, 1.807) is 12.1 Å². The summed E-state index contributed by atoms with van der Waals surface area (Å²) in [5.41, 5.74) is 0.701. The first-order valence-corrected chi connectivity index (χ1v) is 9.32. The van der Waals surface area contributed by atoms with Crippen molar-refractivity contribution < 1.29 is 32.2 Å². The second-order valence-electron chi connectivity index (χ2n) is 5.34. The molecule has 0 bridgehead atoms. The van der Waals surface area contributed by atoms with Crippen molar-refractivity contribution >= 4 is 16.0 Å². The summed E-state index contributed by atoms with van der Waals surface area (Å²) >= 11 is 0. The first kappa shape index (κ1) is 20.5. The number of hydrogen-bond acceptors (Lipinski definition) is 7. The largest absolute Gasteiger partial charge is 0.493 e. The van der Waals surface area contributed by atoms with Crippen molar-refractivity contribution in [2.75, 3.05) is 28.4 Å². The van der Waals surface area contributed by atoms with E-state index in [-0.39, 0.29) is 17.0 Å². The first-order valence-electron chi connectivity index (χ1n) is 7.83. The maximum atomic E-state index is 12.6. The first-order chi connectivity index (χ1) is 12.9. The number of ether oxygens (including phenoxy) is 4. The zero-order valence-electron chi connectivity index (χ0n) is 15.4. The van der Waals surface area contributed by atoms with Gasteiger partial charge in [-0.05, 0) is 24.3 Å². The van der Waals surface area contributed by atoms with E-state index in [1.165, 1.54) is 52.7 Å². The Morgan fingerprint density at radius 3 is 2.26 bits per heavy atom. The summed E-state index contributed by atoms with van der Waals surface area (Å²) in [6.45, 7) is -0.0473. The van der Waals surface area contributed by atoms with E-state index in [2.05, 4.69) is 9.46 Å². The fourth-order valence-corrected chi connectivity index (χ4v) is 3.52. The molecule has 0 aliphatic heterocycles. The normalized spacial score (nSPS) is 11.0. The van der Waals surface area contributed by atoms with Crippen LogP contribution in [0, 0.1) is 0 Å². The second-order valence-corrected chi connectivity index (χ2v) is 7.10. The van der Waals surface area contributed by atoms with Gasteiger partial charge in [0.1, 0.15) is 0 Å². The third-order valence-electron chi connectivity index (χ3n) is 3.80. The smallest absolute Gasteiger partial charge is 0.337 e. The van der Waals surface area contributed by atoms with Crippen molar-refractivity contribution in [2.45, 2.75) is 11.4 Å². The van der Waals surface area contributed by atoms with Gasteiger partial charge in [0.05, 0.1) is 38.9 Å². The standard InChI is InChI=1S/C18H21NO7S/c1-23-15-9-8-13(16(24-2)17(15)25-3)11-19-27(21,22)14-7-5-6-12(10-14)18(20)26-4/h5-10,19H,11H2,1-4H3. The summed E-state index contributed by atoms with van der Waals surface area (Å²) < 4.78 is 48.1. The molecule has 9 heteroatoms. The van der Waals surface area contributed by atoms with E-state index in [0.29, 0.717) is 22.8 Å². The molecule has 146 valence electrons. The molecule has 0 saturated heterocycles. The summed E-state index contributed by atoms with van der Waals surface area (Å²) in [6, 6.07) is 8.91. The lowest BCUT2D eigenvalue weighted by Gasteiger charge is -2.16. The highest BCUT2D eigenvalue weighted by Crippen LogP contribution is 2.39. The van der Waals surface area contributed by atoms with Crippen LogP contribution in [0.3, 0.4) is 0 Å². The number of nitrogens with one attached hydrogen (secondary N) is 1. The van der Waals surface area contributed by atoms with Gasteiger partial charge >= 0.3 is 5.97 Å². The molecule has 0 radical (unpaired) electrons. The van der Waals surface area contributed by atoms with Crippen LogP contribution in [0.5, 0.6) is 17.2 Å². The van der Waals surface area contributed by atoms with Crippen LogP contribution in [0.25, 0.3) is 0 Å². The monoisotopic (exact) mass is 395 g/mol. The van der Waals surface area contributed by atoms with Gasteiger partial charge in [-0.15, -0.1) is 0 Å². The van der Waals surface area contributed by atoms with Crippen LogP contribution in [0.2, 0.25) is 0 Å². The lowest BCUT2D eigenvalue weighted by Crippen LogP contribution is -2.24. The van der Waals surface area contributed by atoms with Gasteiger partial charge in [0.25, 0.3) is 0 Å². The Morgan fingerprint density at radius 1 is 0.963 bits per heavy atom. The summed E-state index contributed by atoms with van der Waals surface area (Å²) in [5, 5.41) is 0. The summed E-state index contributed by atoms with van der Waals surface area (Å²) in [4.78, 5) is 11.6. The van der Waals surface area contributed by atoms with Gasteiger partial charge in [-0.1, -0.05) is 12.1 Å². The molecule has 2 rings (SSSR count). The quantitative estimate of drug-likeness (QED) is 0.682. The predicted octanol–water partition coefficient (Wildman–Crippen LogP) is 1.98. The topological polar surface area (TPSA) is 100 Å². The third kappa shape index (κ3) is 4.50. The van der Waals surface area contributed by atoms with Crippen molar-refractivity contribution in [3.8, 4) is 17.2 Å². The maximum Gasteiger partial charge on any atom is 0.337 e. The number of methoxy groups -OCH3 is 4. The Balaban J connectivity index is 2.29. The molecule has 1 N–H and O–H groups in total. The van der Waals surface area contributed by atoms with Crippen molar-refractivity contribution in [3.63, 3.8) is 0 Å². The minimum absolute atomic E-state index is 0.0473. The zero-order chi connectivity index (χ0) is 20.0. The highest BCUT2D eigenvalue weighted by molar-refractivity contribution is 7.89. The highest BCUT2D eigenvalue weighted by Gasteiger charge is 2.20. The van der Waals surface area contributed by atoms with Crippen LogP contribution in [0.4, 0.5) is 0 Å². The molecular formula is C18H21NO7S. The SMILES string of the molecule is COC(=O)c1cccc(S(=O)(=O)NCc2ccc(OC)c(OC)c2OC)c1. The minimum Gasteiger partial charge on any atom is -0.493 e. The van der Waals surface area contributed by atoms with Gasteiger partial charge < -0.3 is 18.9 Å². The lowest BCUT2D eigenvalue weighted by molar-refractivity contribution is 0.0600. The Kier molecular flexibility index (Phi) is 6.65. The molecule has 0 heterocycles. The molecule has 0 aliphatic rings. The predicted molar refractivity (Wildman–Crippen MR) is 97.9 cm³/mol. The van der Waals surface area contributed by atoms with Gasteiger partial charge in [0.2, 0.25) is 15.8 Å². The molecule has 0 unspecified atom stereocenters. The van der Waals surface area contributed by atoms with Gasteiger partial charge in [-0.2, -0.15) is 0 Å². The van der Waals surface area contributed by atoms with Gasteiger partial charge in [-0.3, -0.25) is 0 Å². The van der Waals surface area contributed by atoms with Crippen LogP contribution >= 0.6 is 0 Å². The van der Waals surface area contributed by atoms with Crippen LogP contribution < -0.4 is 18.9 Å². The molecular weight excluding hydrogens is 374 g/mol. The number of esters is 1. The van der Waals surface area contributed by atoms with Crippen LogP contribution in [-0.2, 0) is 21.3 Å². The number of benzene rings is 2. The molecule has 0 aliphatic carbocycles. The maximum absolute atomic E-state index is 12.6. The Bertz CT molecular complexity index is 925. The summed E-state index contributed by atoms with van der Waals surface area (Å²) in [6.07, 6.45) is 0. The van der Waals surface area contributed by atoms with E-state index in [9.17, 15) is 13.2 Å². The number of sulfonamides is 1. The highest BCUT2D eigenvalue weighted by atomic mass is 32.2. The molecule has 0 saturated carbocycles. The molecule has 0 fully saturated rings. The third-order valence-corrected chi connectivity index (χ3v) is 5.20. The molecule has 0 amide bonds. The van der Waals surface area contributed by atoms with E-state index in [1.807, 2.05) is 0 Å². The van der Waals surface area contributed by atoms with Gasteiger partial charge in [0, 0.05) is 12.1 Å². The Hall–Kier alpha value is -2.78. The molecule has 0 spiro atoms. The average molecular weight is 395 g/mol. The number of carbonyl (C=O) groups is 1. The van der Waals surface area contributed by atoms with Crippen molar-refractivity contribution in [2.24, 2.45) is 0 Å². The van der Waals surface area contributed by atoms with Crippen LogP contribution in [0.15, 0.2) is 41.3 Å². The Morgan fingerprint density at radius 2 is 1.67 bits per heavy atom. The van der Waals surface area contributed by atoms with Crippen molar-refractivity contribution in [3.05, 3.63) is 47.5 Å². The number of carbonyl (C=O) groups excluding carboxylic acids is 1. The molecule has 0 atom stereocenters. The summed E-state index contributed by atoms with van der Waals surface area (Å²) in [7, 11) is 1.77. The minimum atomic E-state index is -3.87. The van der Waals surface area contributed by atoms with Crippen LogP contribution in [-0.4, -0.2) is 42.8 Å². The van der Waals surface area contributed by atoms with Crippen molar-refractivity contribution in [1.82, 2.24) is 4.72 Å². The van der Waals surface area contributed by atoms with Crippen molar-refractivity contribution in [1.29, 1.82) is 0 Å². The van der Waals surface area contributed by atoms with E-state index in [4.69, 9.17) is 14.2 Å². The van der Waals surface area contributed by atoms with E-state index < -0.39 is 16.0 Å². The fourth-order valence-electron chi connectivity index (χ4n) is 2.47. The zero-order valence-corrected chi connectivity index (χ0v) is 16.3. The van der Waals surface area contributed by atoms with Gasteiger partial charge in [0.15, 0.2) is 11.5 Å². The molecule has 0 aromatic heterocycles.